The lowest BCUT2D eigenvalue weighted by atomic mass is 9.96. The van der Waals surface area contributed by atoms with Crippen LogP contribution >= 0.6 is 11.3 Å². The normalized spacial score (nSPS) is 12.8. The van der Waals surface area contributed by atoms with Crippen molar-refractivity contribution in [3.8, 4) is 0 Å². The average molecular weight is 372 g/mol. The minimum atomic E-state index is -0.450. The molecule has 0 atom stereocenters. The Morgan fingerprint density at radius 1 is 1.12 bits per heavy atom. The first kappa shape index (κ1) is 18.1. The van der Waals surface area contributed by atoms with Crippen LogP contribution in [0.2, 0.25) is 0 Å². The summed E-state index contributed by atoms with van der Waals surface area (Å²) in [6.45, 7) is -0.347. The Morgan fingerprint density at radius 2 is 1.85 bits per heavy atom. The molecule has 1 heterocycles. The van der Waals surface area contributed by atoms with Gasteiger partial charge in [0.1, 0.15) is 0 Å². The van der Waals surface area contributed by atoms with Gasteiger partial charge in [0.2, 0.25) is 0 Å². The minimum absolute atomic E-state index is 0.198. The van der Waals surface area contributed by atoms with Gasteiger partial charge in [0.15, 0.2) is 6.61 Å². The number of rotatable bonds is 5. The van der Waals surface area contributed by atoms with Gasteiger partial charge in [0.25, 0.3) is 11.8 Å². The monoisotopic (exact) mass is 372 g/mol. The highest BCUT2D eigenvalue weighted by Crippen LogP contribution is 2.30. The lowest BCUT2D eigenvalue weighted by molar-refractivity contribution is -0.119. The lowest BCUT2D eigenvalue weighted by Gasteiger charge is -2.12. The molecule has 0 bridgehead atoms. The maximum atomic E-state index is 12.2. The van der Waals surface area contributed by atoms with Crippen LogP contribution in [0.25, 0.3) is 0 Å². The fourth-order valence-corrected chi connectivity index (χ4v) is 4.04. The second-order valence-electron chi connectivity index (χ2n) is 6.04. The molecule has 0 saturated carbocycles. The third kappa shape index (κ3) is 4.11. The number of hydrogen-bond acceptors (Lipinski definition) is 5. The number of esters is 1. The Labute approximate surface area is 155 Å². The zero-order valence-corrected chi connectivity index (χ0v) is 15.3. The topological polar surface area (TPSA) is 84.5 Å². The van der Waals surface area contributed by atoms with E-state index in [1.807, 2.05) is 5.38 Å². The molecule has 6 nitrogen and oxygen atoms in total. The summed E-state index contributed by atoms with van der Waals surface area (Å²) in [4.78, 5) is 37.0. The van der Waals surface area contributed by atoms with Gasteiger partial charge in [-0.05, 0) is 55.5 Å². The van der Waals surface area contributed by atoms with Crippen LogP contribution in [0.3, 0.4) is 0 Å². The molecule has 7 heteroatoms. The Balaban J connectivity index is 1.53. The average Bonchev–Trinajstić information content (AvgIpc) is 3.10. The summed E-state index contributed by atoms with van der Waals surface area (Å²) < 4.78 is 5.16. The van der Waals surface area contributed by atoms with E-state index in [0.29, 0.717) is 16.8 Å². The first-order chi connectivity index (χ1) is 12.6. The van der Waals surface area contributed by atoms with E-state index in [1.165, 1.54) is 4.88 Å². The number of nitrogens with one attached hydrogen (secondary N) is 2. The SMILES string of the molecule is CNC(=O)c1ccc(NC(=O)COC(=O)c2csc3c2CCCC3)cc1. The quantitative estimate of drug-likeness (QED) is 0.791. The number of carbonyl (C=O) groups excluding carboxylic acids is 3. The van der Waals surface area contributed by atoms with E-state index in [4.69, 9.17) is 4.74 Å². The van der Waals surface area contributed by atoms with Crippen LogP contribution in [0, 0.1) is 0 Å². The van der Waals surface area contributed by atoms with E-state index in [9.17, 15) is 14.4 Å². The summed E-state index contributed by atoms with van der Waals surface area (Å²) in [6, 6.07) is 6.47. The van der Waals surface area contributed by atoms with Crippen LogP contribution in [0.1, 0.15) is 44.0 Å². The van der Waals surface area contributed by atoms with Crippen molar-refractivity contribution < 1.29 is 19.1 Å². The highest BCUT2D eigenvalue weighted by Gasteiger charge is 2.21. The fourth-order valence-electron chi connectivity index (χ4n) is 2.92. The van der Waals surface area contributed by atoms with Crippen molar-refractivity contribution in [2.45, 2.75) is 25.7 Å². The van der Waals surface area contributed by atoms with Gasteiger partial charge in [-0.15, -0.1) is 11.3 Å². The number of ether oxygens (including phenoxy) is 1. The summed E-state index contributed by atoms with van der Waals surface area (Å²) in [7, 11) is 1.55. The van der Waals surface area contributed by atoms with Crippen LogP contribution in [0.4, 0.5) is 5.69 Å². The first-order valence-corrected chi connectivity index (χ1v) is 9.35. The summed E-state index contributed by atoms with van der Waals surface area (Å²) in [5.41, 5.74) is 2.70. The lowest BCUT2D eigenvalue weighted by Crippen LogP contribution is -2.21. The molecule has 2 aromatic rings. The number of fused-ring (bicyclic) bond motifs is 1. The highest BCUT2D eigenvalue weighted by molar-refractivity contribution is 7.10. The van der Waals surface area contributed by atoms with Gasteiger partial charge in [-0.3, -0.25) is 9.59 Å². The fraction of sp³-hybridized carbons (Fsp3) is 0.316. The molecule has 0 fully saturated rings. The number of carbonyl (C=O) groups is 3. The number of anilines is 1. The minimum Gasteiger partial charge on any atom is -0.452 e. The maximum Gasteiger partial charge on any atom is 0.339 e. The largest absolute Gasteiger partial charge is 0.452 e. The van der Waals surface area contributed by atoms with Crippen molar-refractivity contribution in [2.24, 2.45) is 0 Å². The van der Waals surface area contributed by atoms with Gasteiger partial charge in [-0.1, -0.05) is 0 Å². The third-order valence-corrected chi connectivity index (χ3v) is 5.36. The van der Waals surface area contributed by atoms with Crippen LogP contribution < -0.4 is 10.6 Å². The smallest absolute Gasteiger partial charge is 0.339 e. The van der Waals surface area contributed by atoms with Crippen LogP contribution in [-0.4, -0.2) is 31.4 Å². The van der Waals surface area contributed by atoms with Crippen molar-refractivity contribution >= 4 is 34.8 Å². The summed E-state index contributed by atoms with van der Waals surface area (Å²) in [6.07, 6.45) is 4.15. The van der Waals surface area contributed by atoms with Gasteiger partial charge in [-0.25, -0.2) is 4.79 Å². The Hall–Kier alpha value is -2.67. The van der Waals surface area contributed by atoms with E-state index < -0.39 is 11.9 Å². The van der Waals surface area contributed by atoms with E-state index in [0.717, 1.165) is 31.2 Å². The number of aryl methyl sites for hydroxylation is 1. The van der Waals surface area contributed by atoms with Crippen molar-refractivity contribution in [1.29, 1.82) is 0 Å². The molecule has 2 N–H and O–H groups in total. The molecule has 1 aliphatic rings. The summed E-state index contributed by atoms with van der Waals surface area (Å²) >= 11 is 1.59. The molecular weight excluding hydrogens is 352 g/mol. The van der Waals surface area contributed by atoms with E-state index in [2.05, 4.69) is 10.6 Å². The zero-order chi connectivity index (χ0) is 18.5. The molecule has 0 spiro atoms. The predicted molar refractivity (Wildman–Crippen MR) is 99.7 cm³/mol. The molecule has 1 aliphatic carbocycles. The highest BCUT2D eigenvalue weighted by atomic mass is 32.1. The molecule has 1 aromatic carbocycles. The molecule has 2 amide bonds. The molecule has 0 aliphatic heterocycles. The third-order valence-electron chi connectivity index (χ3n) is 4.27. The van der Waals surface area contributed by atoms with Gasteiger partial charge >= 0.3 is 5.97 Å². The van der Waals surface area contributed by atoms with Crippen LogP contribution in [0.15, 0.2) is 29.6 Å². The predicted octanol–water partition coefficient (Wildman–Crippen LogP) is 2.78. The summed E-state index contributed by atoms with van der Waals surface area (Å²) in [5.74, 6) is -1.07. The number of hydrogen-bond donors (Lipinski definition) is 2. The van der Waals surface area contributed by atoms with Gasteiger partial charge in [0, 0.05) is 28.6 Å². The molecule has 0 radical (unpaired) electrons. The van der Waals surface area contributed by atoms with Crippen LogP contribution in [-0.2, 0) is 22.4 Å². The second kappa shape index (κ2) is 8.14. The molecule has 0 saturated heterocycles. The van der Waals surface area contributed by atoms with Crippen molar-refractivity contribution in [1.82, 2.24) is 5.32 Å². The number of benzene rings is 1. The molecule has 136 valence electrons. The van der Waals surface area contributed by atoms with Gasteiger partial charge in [-0.2, -0.15) is 0 Å². The molecular formula is C19H20N2O4S. The standard InChI is InChI=1S/C19H20N2O4S/c1-20-18(23)12-6-8-13(9-7-12)21-17(22)10-25-19(24)15-11-26-16-5-3-2-4-14(15)16/h6-9,11H,2-5,10H2,1H3,(H,20,23)(H,21,22). The Kier molecular flexibility index (Phi) is 5.68. The second-order valence-corrected chi connectivity index (χ2v) is 7.00. The molecule has 1 aromatic heterocycles. The maximum absolute atomic E-state index is 12.2. The van der Waals surface area contributed by atoms with Gasteiger partial charge < -0.3 is 15.4 Å². The Morgan fingerprint density at radius 3 is 2.58 bits per heavy atom. The van der Waals surface area contributed by atoms with Crippen LogP contribution in [0.5, 0.6) is 0 Å². The zero-order valence-electron chi connectivity index (χ0n) is 14.5. The van der Waals surface area contributed by atoms with Crippen molar-refractivity contribution in [2.75, 3.05) is 19.0 Å². The Bertz CT molecular complexity index is 827. The van der Waals surface area contributed by atoms with Gasteiger partial charge in [0.05, 0.1) is 5.56 Å². The molecule has 26 heavy (non-hydrogen) atoms. The molecule has 0 unspecified atom stereocenters. The van der Waals surface area contributed by atoms with E-state index in [-0.39, 0.29) is 12.5 Å². The van der Waals surface area contributed by atoms with Crippen molar-refractivity contribution in [3.05, 3.63) is 51.2 Å². The first-order valence-electron chi connectivity index (χ1n) is 8.47. The van der Waals surface area contributed by atoms with E-state index in [1.54, 1.807) is 42.6 Å². The van der Waals surface area contributed by atoms with Crippen molar-refractivity contribution in [3.63, 3.8) is 0 Å². The number of thiophene rings is 1. The van der Waals surface area contributed by atoms with E-state index >= 15 is 0 Å². The molecule has 3 rings (SSSR count). The summed E-state index contributed by atoms with van der Waals surface area (Å²) in [5, 5.41) is 7.00. The number of amides is 2.